The van der Waals surface area contributed by atoms with E-state index in [9.17, 15) is 4.79 Å². The number of carbonyl (C=O) groups is 1. The zero-order chi connectivity index (χ0) is 16.9. The van der Waals surface area contributed by atoms with E-state index in [-0.39, 0.29) is 5.91 Å². The topological polar surface area (TPSA) is 51.2 Å². The Kier molecular flexibility index (Phi) is 4.75. The average Bonchev–Trinajstić information content (AvgIpc) is 2.61. The van der Waals surface area contributed by atoms with Crippen molar-refractivity contribution < 1.29 is 9.53 Å². The van der Waals surface area contributed by atoms with Gasteiger partial charge in [-0.15, -0.1) is 0 Å². The number of carbonyl (C=O) groups excluding carboxylic acids is 1. The largest absolute Gasteiger partial charge is 0.491 e. The van der Waals surface area contributed by atoms with E-state index >= 15 is 0 Å². The summed E-state index contributed by atoms with van der Waals surface area (Å²) in [6.07, 6.45) is 2.66. The Balaban J connectivity index is 1.94. The first-order valence-corrected chi connectivity index (χ1v) is 8.07. The molecule has 0 atom stereocenters. The van der Waals surface area contributed by atoms with Gasteiger partial charge in [-0.2, -0.15) is 0 Å². The summed E-state index contributed by atoms with van der Waals surface area (Å²) in [5, 5.41) is 3.84. The summed E-state index contributed by atoms with van der Waals surface area (Å²) in [6.45, 7) is 4.67. The third kappa shape index (κ3) is 3.38. The molecule has 0 aliphatic rings. The van der Waals surface area contributed by atoms with Gasteiger partial charge in [0.2, 0.25) is 0 Å². The normalized spacial score (nSPS) is 10.6. The van der Waals surface area contributed by atoms with Gasteiger partial charge in [0.25, 0.3) is 5.91 Å². The number of aryl methyl sites for hydroxylation is 1. The van der Waals surface area contributed by atoms with Gasteiger partial charge < -0.3 is 10.1 Å². The number of nitrogens with zero attached hydrogens (tertiary/aromatic N) is 1. The first-order valence-electron chi connectivity index (χ1n) is 8.07. The molecule has 0 saturated carbocycles. The highest BCUT2D eigenvalue weighted by molar-refractivity contribution is 6.09. The number of nitrogens with one attached hydrogen (secondary N) is 1. The van der Waals surface area contributed by atoms with Gasteiger partial charge in [0.15, 0.2) is 0 Å². The molecule has 0 aliphatic heterocycles. The van der Waals surface area contributed by atoms with Crippen LogP contribution in [0.15, 0.2) is 54.7 Å². The standard InChI is InChI=1S/C20H20N2O2/c1-3-12-24-18-10-9-17(16-8-5-11-21-19(16)18)22-20(23)15-7-4-6-14(2)13-15/h4-11,13H,3,12H2,1-2H3,(H,22,23). The molecule has 24 heavy (non-hydrogen) atoms. The van der Waals surface area contributed by atoms with Gasteiger partial charge in [0, 0.05) is 17.1 Å². The molecule has 3 rings (SSSR count). The third-order valence-electron chi connectivity index (χ3n) is 3.72. The lowest BCUT2D eigenvalue weighted by molar-refractivity contribution is 0.102. The fourth-order valence-corrected chi connectivity index (χ4v) is 2.57. The Bertz CT molecular complexity index is 874. The summed E-state index contributed by atoms with van der Waals surface area (Å²) >= 11 is 0. The smallest absolute Gasteiger partial charge is 0.255 e. The predicted molar refractivity (Wildman–Crippen MR) is 96.7 cm³/mol. The van der Waals surface area contributed by atoms with E-state index in [0.29, 0.717) is 12.2 Å². The number of pyridine rings is 1. The Morgan fingerprint density at radius 2 is 2.04 bits per heavy atom. The summed E-state index contributed by atoms with van der Waals surface area (Å²) in [5.74, 6) is 0.604. The number of hydrogen-bond donors (Lipinski definition) is 1. The van der Waals surface area contributed by atoms with Crippen molar-refractivity contribution in [1.29, 1.82) is 0 Å². The zero-order valence-corrected chi connectivity index (χ0v) is 13.9. The van der Waals surface area contributed by atoms with Crippen molar-refractivity contribution in [3.05, 3.63) is 65.9 Å². The van der Waals surface area contributed by atoms with Crippen LogP contribution in [0.25, 0.3) is 10.9 Å². The fraction of sp³-hybridized carbons (Fsp3) is 0.200. The lowest BCUT2D eigenvalue weighted by Gasteiger charge is -2.12. The number of aromatic nitrogens is 1. The van der Waals surface area contributed by atoms with Crippen molar-refractivity contribution in [3.8, 4) is 5.75 Å². The summed E-state index contributed by atoms with van der Waals surface area (Å²) < 4.78 is 5.75. The van der Waals surface area contributed by atoms with Gasteiger partial charge in [-0.1, -0.05) is 24.6 Å². The number of benzene rings is 2. The second-order valence-corrected chi connectivity index (χ2v) is 5.68. The molecule has 1 amide bonds. The lowest BCUT2D eigenvalue weighted by atomic mass is 10.1. The molecule has 0 aliphatic carbocycles. The molecule has 122 valence electrons. The van der Waals surface area contributed by atoms with Crippen LogP contribution in [0, 0.1) is 6.92 Å². The molecule has 1 heterocycles. The highest BCUT2D eigenvalue weighted by atomic mass is 16.5. The van der Waals surface area contributed by atoms with Crippen LogP contribution in [0.3, 0.4) is 0 Å². The monoisotopic (exact) mass is 320 g/mol. The molecule has 1 N–H and O–H groups in total. The number of rotatable bonds is 5. The van der Waals surface area contributed by atoms with Crippen LogP contribution in [-0.2, 0) is 0 Å². The molecule has 2 aromatic carbocycles. The minimum Gasteiger partial charge on any atom is -0.491 e. The quantitative estimate of drug-likeness (QED) is 0.748. The molecule has 1 aromatic heterocycles. The average molecular weight is 320 g/mol. The maximum absolute atomic E-state index is 12.5. The van der Waals surface area contributed by atoms with Crippen molar-refractivity contribution in [2.75, 3.05) is 11.9 Å². The minimum absolute atomic E-state index is 0.133. The lowest BCUT2D eigenvalue weighted by Crippen LogP contribution is -2.12. The van der Waals surface area contributed by atoms with Crippen LogP contribution in [0.1, 0.15) is 29.3 Å². The number of fused-ring (bicyclic) bond motifs is 1. The van der Waals surface area contributed by atoms with Crippen LogP contribution in [0.5, 0.6) is 5.75 Å². The first kappa shape index (κ1) is 16.0. The molecule has 0 unspecified atom stereocenters. The van der Waals surface area contributed by atoms with Gasteiger partial charge in [-0.05, 0) is 49.7 Å². The Labute approximate surface area is 141 Å². The zero-order valence-electron chi connectivity index (χ0n) is 13.9. The molecule has 4 heteroatoms. The maximum atomic E-state index is 12.5. The van der Waals surface area contributed by atoms with Crippen LogP contribution in [0.2, 0.25) is 0 Å². The van der Waals surface area contributed by atoms with Gasteiger partial charge in [0.05, 0.1) is 12.3 Å². The Morgan fingerprint density at radius 3 is 2.83 bits per heavy atom. The number of amides is 1. The number of anilines is 1. The fourth-order valence-electron chi connectivity index (χ4n) is 2.57. The van der Waals surface area contributed by atoms with Crippen molar-refractivity contribution >= 4 is 22.5 Å². The van der Waals surface area contributed by atoms with Crippen LogP contribution in [-0.4, -0.2) is 17.5 Å². The molecule has 0 spiro atoms. The van der Waals surface area contributed by atoms with E-state index < -0.39 is 0 Å². The van der Waals surface area contributed by atoms with Crippen LogP contribution >= 0.6 is 0 Å². The first-order chi connectivity index (χ1) is 11.7. The van der Waals surface area contributed by atoms with Crippen molar-refractivity contribution in [3.63, 3.8) is 0 Å². The van der Waals surface area contributed by atoms with E-state index in [2.05, 4.69) is 17.2 Å². The molecule has 4 nitrogen and oxygen atoms in total. The van der Waals surface area contributed by atoms with Gasteiger partial charge >= 0.3 is 0 Å². The number of hydrogen-bond acceptors (Lipinski definition) is 3. The third-order valence-corrected chi connectivity index (χ3v) is 3.72. The molecule has 3 aromatic rings. The molecule has 0 saturated heterocycles. The highest BCUT2D eigenvalue weighted by Crippen LogP contribution is 2.30. The summed E-state index contributed by atoms with van der Waals surface area (Å²) in [6, 6.07) is 15.0. The van der Waals surface area contributed by atoms with Crippen molar-refractivity contribution in [1.82, 2.24) is 4.98 Å². The van der Waals surface area contributed by atoms with E-state index in [4.69, 9.17) is 4.74 Å². The second kappa shape index (κ2) is 7.13. The van der Waals surface area contributed by atoms with Crippen LogP contribution < -0.4 is 10.1 Å². The minimum atomic E-state index is -0.133. The number of ether oxygens (including phenoxy) is 1. The van der Waals surface area contributed by atoms with E-state index in [1.807, 2.05) is 55.5 Å². The second-order valence-electron chi connectivity index (χ2n) is 5.68. The van der Waals surface area contributed by atoms with E-state index in [1.165, 1.54) is 0 Å². The molecule has 0 bridgehead atoms. The SMILES string of the molecule is CCCOc1ccc(NC(=O)c2cccc(C)c2)c2cccnc12. The molecule has 0 fully saturated rings. The Morgan fingerprint density at radius 1 is 1.17 bits per heavy atom. The molecular weight excluding hydrogens is 300 g/mol. The molecule has 0 radical (unpaired) electrons. The summed E-state index contributed by atoms with van der Waals surface area (Å²) in [4.78, 5) is 16.9. The maximum Gasteiger partial charge on any atom is 0.255 e. The van der Waals surface area contributed by atoms with Gasteiger partial charge in [0.1, 0.15) is 11.3 Å². The van der Waals surface area contributed by atoms with Crippen molar-refractivity contribution in [2.45, 2.75) is 20.3 Å². The molecular formula is C20H20N2O2. The van der Waals surface area contributed by atoms with E-state index in [0.717, 1.165) is 34.3 Å². The Hall–Kier alpha value is -2.88. The van der Waals surface area contributed by atoms with Crippen LogP contribution in [0.4, 0.5) is 5.69 Å². The predicted octanol–water partition coefficient (Wildman–Crippen LogP) is 4.58. The summed E-state index contributed by atoms with van der Waals surface area (Å²) in [7, 11) is 0. The summed E-state index contributed by atoms with van der Waals surface area (Å²) in [5.41, 5.74) is 3.18. The van der Waals surface area contributed by atoms with E-state index in [1.54, 1.807) is 6.20 Å². The highest BCUT2D eigenvalue weighted by Gasteiger charge is 2.12. The van der Waals surface area contributed by atoms with Gasteiger partial charge in [-0.3, -0.25) is 9.78 Å². The van der Waals surface area contributed by atoms with Crippen molar-refractivity contribution in [2.24, 2.45) is 0 Å². The van der Waals surface area contributed by atoms with Gasteiger partial charge in [-0.25, -0.2) is 0 Å².